The van der Waals surface area contributed by atoms with E-state index in [4.69, 9.17) is 0 Å². The lowest BCUT2D eigenvalue weighted by molar-refractivity contribution is -0.142. The van der Waals surface area contributed by atoms with Crippen LogP contribution in [0.1, 0.15) is 27.7 Å². The Bertz CT molecular complexity index is 348. The fourth-order valence-corrected chi connectivity index (χ4v) is 1.77. The zero-order valence-electron chi connectivity index (χ0n) is 8.88. The van der Waals surface area contributed by atoms with Crippen molar-refractivity contribution in [2.24, 2.45) is 11.3 Å². The minimum absolute atomic E-state index is 0.291. The number of carbonyl (C=O) groups is 3. The summed E-state index contributed by atoms with van der Waals surface area (Å²) >= 11 is 0. The van der Waals surface area contributed by atoms with Gasteiger partial charge in [-0.1, -0.05) is 6.08 Å². The quantitative estimate of drug-likeness (QED) is 0.591. The summed E-state index contributed by atoms with van der Waals surface area (Å²) in [5.41, 5.74) is -0.191. The zero-order chi connectivity index (χ0) is 11.1. The van der Waals surface area contributed by atoms with Crippen molar-refractivity contribution >= 4 is 17.3 Å². The lowest BCUT2D eigenvalue weighted by Crippen LogP contribution is -2.42. The fraction of sp³-hybridized carbons (Fsp3) is 0.545. The summed E-state index contributed by atoms with van der Waals surface area (Å²) < 4.78 is 0. The van der Waals surface area contributed by atoms with Crippen molar-refractivity contribution in [2.75, 3.05) is 0 Å². The van der Waals surface area contributed by atoms with Gasteiger partial charge in [-0.15, -0.1) is 0 Å². The van der Waals surface area contributed by atoms with Crippen LogP contribution in [0.2, 0.25) is 0 Å². The molecule has 0 amide bonds. The highest BCUT2D eigenvalue weighted by Crippen LogP contribution is 2.31. The summed E-state index contributed by atoms with van der Waals surface area (Å²) in [4.78, 5) is 34.5. The van der Waals surface area contributed by atoms with Gasteiger partial charge in [-0.25, -0.2) is 0 Å². The van der Waals surface area contributed by atoms with Gasteiger partial charge < -0.3 is 0 Å². The Morgan fingerprint density at radius 3 is 2.29 bits per heavy atom. The van der Waals surface area contributed by atoms with Crippen molar-refractivity contribution < 1.29 is 14.4 Å². The van der Waals surface area contributed by atoms with Gasteiger partial charge in [0, 0.05) is 5.41 Å². The lowest BCUT2D eigenvalue weighted by Gasteiger charge is -2.28. The van der Waals surface area contributed by atoms with E-state index in [1.807, 2.05) is 0 Å². The first kappa shape index (κ1) is 10.8. The van der Waals surface area contributed by atoms with Crippen LogP contribution >= 0.6 is 0 Å². The maximum absolute atomic E-state index is 11.8. The van der Waals surface area contributed by atoms with Gasteiger partial charge in [0.05, 0.1) is 0 Å². The Labute approximate surface area is 83.2 Å². The van der Waals surface area contributed by atoms with Crippen LogP contribution in [0.5, 0.6) is 0 Å². The van der Waals surface area contributed by atoms with E-state index < -0.39 is 11.3 Å². The number of Topliss-reactive ketones (excluding diaryl/α,β-unsaturated/α-hetero) is 3. The third-order valence-electron chi connectivity index (χ3n) is 2.53. The molecule has 0 spiro atoms. The number of allylic oxidation sites excluding steroid dienone is 2. The molecule has 0 N–H and O–H groups in total. The molecule has 3 nitrogen and oxygen atoms in total. The Hall–Kier alpha value is -1.25. The van der Waals surface area contributed by atoms with Crippen LogP contribution in [-0.2, 0) is 14.4 Å². The van der Waals surface area contributed by atoms with Crippen molar-refractivity contribution in [1.29, 1.82) is 0 Å². The van der Waals surface area contributed by atoms with Crippen molar-refractivity contribution in [3.8, 4) is 0 Å². The van der Waals surface area contributed by atoms with Gasteiger partial charge in [0.25, 0.3) is 0 Å². The van der Waals surface area contributed by atoms with E-state index >= 15 is 0 Å². The molecule has 1 rings (SSSR count). The first-order valence-corrected chi connectivity index (χ1v) is 4.56. The summed E-state index contributed by atoms with van der Waals surface area (Å²) in [5, 5.41) is 0. The van der Waals surface area contributed by atoms with Gasteiger partial charge in [-0.05, 0) is 33.3 Å². The monoisotopic (exact) mass is 194 g/mol. The van der Waals surface area contributed by atoms with Crippen LogP contribution in [0.3, 0.4) is 0 Å². The predicted octanol–water partition coefficient (Wildman–Crippen LogP) is 1.32. The summed E-state index contributed by atoms with van der Waals surface area (Å²) in [6.07, 6.45) is 1.64. The predicted molar refractivity (Wildman–Crippen MR) is 51.7 cm³/mol. The van der Waals surface area contributed by atoms with Gasteiger partial charge in [-0.3, -0.25) is 14.4 Å². The second-order valence-corrected chi connectivity index (χ2v) is 4.32. The highest BCUT2D eigenvalue weighted by molar-refractivity contribution is 6.26. The van der Waals surface area contributed by atoms with Gasteiger partial charge in [0.2, 0.25) is 0 Å². The average molecular weight is 194 g/mol. The maximum atomic E-state index is 11.8. The second kappa shape index (κ2) is 3.15. The topological polar surface area (TPSA) is 51.2 Å². The Balaban J connectivity index is 3.26. The first-order chi connectivity index (χ1) is 6.27. The van der Waals surface area contributed by atoms with Crippen LogP contribution in [0.25, 0.3) is 0 Å². The highest BCUT2D eigenvalue weighted by atomic mass is 16.2. The lowest BCUT2D eigenvalue weighted by atomic mass is 9.71. The number of hydrogen-bond donors (Lipinski definition) is 0. The van der Waals surface area contributed by atoms with E-state index in [-0.39, 0.29) is 17.3 Å². The number of hydrogen-bond acceptors (Lipinski definition) is 3. The first-order valence-electron chi connectivity index (χ1n) is 4.56. The summed E-state index contributed by atoms with van der Waals surface area (Å²) in [6.45, 7) is 6.38. The van der Waals surface area contributed by atoms with Crippen LogP contribution < -0.4 is 0 Å². The SMILES string of the molecule is CC(=O)[C@H]1C(=O)C(C)=CC(C)(C)C1=O. The normalized spacial score (nSPS) is 26.0. The third-order valence-corrected chi connectivity index (χ3v) is 2.53. The fourth-order valence-electron chi connectivity index (χ4n) is 1.77. The smallest absolute Gasteiger partial charge is 0.176 e. The van der Waals surface area contributed by atoms with Gasteiger partial charge in [0.15, 0.2) is 11.6 Å². The number of ketones is 3. The van der Waals surface area contributed by atoms with E-state index in [0.717, 1.165) is 0 Å². The standard InChI is InChI=1S/C11H14O3/c1-6-5-11(3,4)10(14)8(7(2)12)9(6)13/h5,8H,1-4H3/t8-/m0/s1. The highest BCUT2D eigenvalue weighted by Gasteiger charge is 2.43. The molecule has 1 aliphatic carbocycles. The van der Waals surface area contributed by atoms with Crippen LogP contribution in [0.15, 0.2) is 11.6 Å². The van der Waals surface area contributed by atoms with Gasteiger partial charge >= 0.3 is 0 Å². The molecule has 14 heavy (non-hydrogen) atoms. The molecule has 0 saturated carbocycles. The Morgan fingerprint density at radius 2 is 1.86 bits per heavy atom. The molecule has 0 aliphatic heterocycles. The van der Waals surface area contributed by atoms with Gasteiger partial charge in [-0.2, -0.15) is 0 Å². The molecule has 0 aromatic heterocycles. The summed E-state index contributed by atoms with van der Waals surface area (Å²) in [6, 6.07) is 0. The molecule has 0 saturated heterocycles. The molecule has 0 aromatic carbocycles. The number of carbonyl (C=O) groups excluding carboxylic acids is 3. The van der Waals surface area contributed by atoms with E-state index in [1.165, 1.54) is 6.92 Å². The maximum Gasteiger partial charge on any atom is 0.176 e. The van der Waals surface area contributed by atoms with Crippen LogP contribution in [0, 0.1) is 11.3 Å². The Morgan fingerprint density at radius 1 is 1.36 bits per heavy atom. The number of rotatable bonds is 1. The average Bonchev–Trinajstić information content (AvgIpc) is 2.00. The second-order valence-electron chi connectivity index (χ2n) is 4.32. The van der Waals surface area contributed by atoms with E-state index in [2.05, 4.69) is 0 Å². The summed E-state index contributed by atoms with van der Waals surface area (Å²) in [7, 11) is 0. The molecule has 1 atom stereocenters. The molecule has 0 bridgehead atoms. The van der Waals surface area contributed by atoms with Crippen LogP contribution in [0.4, 0.5) is 0 Å². The molecule has 0 heterocycles. The minimum Gasteiger partial charge on any atom is -0.299 e. The minimum atomic E-state index is -1.07. The van der Waals surface area contributed by atoms with Crippen LogP contribution in [-0.4, -0.2) is 17.3 Å². The summed E-state index contributed by atoms with van der Waals surface area (Å²) in [5.74, 6) is -2.07. The molecule has 1 aliphatic rings. The molecule has 0 fully saturated rings. The third kappa shape index (κ3) is 1.54. The molecule has 76 valence electrons. The van der Waals surface area contributed by atoms with E-state index in [1.54, 1.807) is 26.8 Å². The van der Waals surface area contributed by atoms with Gasteiger partial charge in [0.1, 0.15) is 11.7 Å². The largest absolute Gasteiger partial charge is 0.299 e. The molecular formula is C11H14O3. The Kier molecular flexibility index (Phi) is 2.44. The van der Waals surface area contributed by atoms with E-state index in [9.17, 15) is 14.4 Å². The van der Waals surface area contributed by atoms with E-state index in [0.29, 0.717) is 5.57 Å². The van der Waals surface area contributed by atoms with Crippen molar-refractivity contribution in [3.63, 3.8) is 0 Å². The molecule has 0 radical (unpaired) electrons. The van der Waals surface area contributed by atoms with Crippen molar-refractivity contribution in [3.05, 3.63) is 11.6 Å². The molecule has 3 heteroatoms. The van der Waals surface area contributed by atoms with Crippen molar-refractivity contribution in [1.82, 2.24) is 0 Å². The molecular weight excluding hydrogens is 180 g/mol. The molecule has 0 unspecified atom stereocenters. The zero-order valence-corrected chi connectivity index (χ0v) is 8.88. The molecule has 0 aromatic rings. The van der Waals surface area contributed by atoms with Crippen molar-refractivity contribution in [2.45, 2.75) is 27.7 Å².